The maximum atomic E-state index is 11.5. The molecule has 2 N–H and O–H groups in total. The molecule has 15 heavy (non-hydrogen) atoms. The second-order valence-corrected chi connectivity index (χ2v) is 3.38. The maximum Gasteiger partial charge on any atom is 0.255 e. The van der Waals surface area contributed by atoms with Crippen molar-refractivity contribution in [1.82, 2.24) is 10.3 Å². The lowest BCUT2D eigenvalue weighted by atomic mass is 10.2. The Morgan fingerprint density at radius 3 is 2.93 bits per heavy atom. The van der Waals surface area contributed by atoms with Crippen LogP contribution in [0.3, 0.4) is 0 Å². The average Bonchev–Trinajstić information content (AvgIpc) is 2.17. The highest BCUT2D eigenvalue weighted by molar-refractivity contribution is 5.96. The normalized spacial score (nSPS) is 9.47. The number of nitrogens with zero attached hydrogens (tertiary/aromatic N) is 1. The minimum atomic E-state index is -0.299. The molecule has 0 fully saturated rings. The Labute approximate surface area is 88.7 Å². The van der Waals surface area contributed by atoms with E-state index in [2.05, 4.69) is 10.3 Å². The van der Waals surface area contributed by atoms with E-state index in [4.69, 9.17) is 0 Å². The average molecular weight is 206 g/mol. The van der Waals surface area contributed by atoms with Crippen LogP contribution in [0.4, 0.5) is 0 Å². The van der Waals surface area contributed by atoms with Gasteiger partial charge in [-0.05, 0) is 19.9 Å². The summed E-state index contributed by atoms with van der Waals surface area (Å²) in [6.45, 7) is 4.37. The molecule has 0 radical (unpaired) electrons. The van der Waals surface area contributed by atoms with E-state index in [-0.39, 0.29) is 17.2 Å². The van der Waals surface area contributed by atoms with Crippen LogP contribution in [0.1, 0.15) is 24.2 Å². The van der Waals surface area contributed by atoms with E-state index in [1.807, 2.05) is 19.9 Å². The number of nitrogens with one attached hydrogen (secondary N) is 1. The molecular weight excluding hydrogens is 192 g/mol. The fraction of sp³-hybridized carbons (Fsp3) is 0.273. The summed E-state index contributed by atoms with van der Waals surface area (Å²) in [7, 11) is 0. The molecule has 4 nitrogen and oxygen atoms in total. The van der Waals surface area contributed by atoms with Crippen LogP contribution >= 0.6 is 0 Å². The van der Waals surface area contributed by atoms with E-state index in [9.17, 15) is 9.90 Å². The molecule has 0 atom stereocenters. The van der Waals surface area contributed by atoms with Crippen molar-refractivity contribution in [1.29, 1.82) is 0 Å². The van der Waals surface area contributed by atoms with Crippen molar-refractivity contribution in [2.75, 3.05) is 6.54 Å². The standard InChI is InChI=1S/C11H14N2O2/c1-8(2)3-6-13-11(15)9-4-5-12-7-10(9)14/h3-5,7,14H,6H2,1-2H3,(H,13,15). The molecule has 0 aromatic carbocycles. The Morgan fingerprint density at radius 1 is 1.60 bits per heavy atom. The van der Waals surface area contributed by atoms with Gasteiger partial charge < -0.3 is 10.4 Å². The van der Waals surface area contributed by atoms with Crippen LogP contribution in [-0.2, 0) is 0 Å². The van der Waals surface area contributed by atoms with E-state index < -0.39 is 0 Å². The van der Waals surface area contributed by atoms with Gasteiger partial charge in [-0.25, -0.2) is 0 Å². The molecule has 0 aliphatic carbocycles. The third kappa shape index (κ3) is 3.42. The monoisotopic (exact) mass is 206 g/mol. The van der Waals surface area contributed by atoms with Gasteiger partial charge >= 0.3 is 0 Å². The first-order chi connectivity index (χ1) is 7.11. The molecule has 1 rings (SSSR count). The van der Waals surface area contributed by atoms with Gasteiger partial charge in [0.1, 0.15) is 5.75 Å². The van der Waals surface area contributed by atoms with Crippen molar-refractivity contribution >= 4 is 5.91 Å². The minimum Gasteiger partial charge on any atom is -0.505 e. The molecule has 4 heteroatoms. The van der Waals surface area contributed by atoms with E-state index in [1.165, 1.54) is 18.5 Å². The second-order valence-electron chi connectivity index (χ2n) is 3.38. The molecular formula is C11H14N2O2. The van der Waals surface area contributed by atoms with Crippen LogP contribution in [0.5, 0.6) is 5.75 Å². The highest BCUT2D eigenvalue weighted by atomic mass is 16.3. The molecule has 0 saturated carbocycles. The zero-order chi connectivity index (χ0) is 11.3. The molecule has 0 bridgehead atoms. The predicted molar refractivity (Wildman–Crippen MR) is 57.7 cm³/mol. The Kier molecular flexibility index (Phi) is 3.85. The number of pyridine rings is 1. The van der Waals surface area contributed by atoms with Gasteiger partial charge in [0.25, 0.3) is 5.91 Å². The van der Waals surface area contributed by atoms with Crippen LogP contribution in [0.2, 0.25) is 0 Å². The third-order valence-corrected chi connectivity index (χ3v) is 1.82. The topological polar surface area (TPSA) is 62.2 Å². The lowest BCUT2D eigenvalue weighted by Gasteiger charge is -2.03. The summed E-state index contributed by atoms with van der Waals surface area (Å²) in [5.41, 5.74) is 1.38. The minimum absolute atomic E-state index is 0.104. The number of hydrogen-bond acceptors (Lipinski definition) is 3. The lowest BCUT2D eigenvalue weighted by molar-refractivity contribution is 0.0955. The van der Waals surface area contributed by atoms with Crippen molar-refractivity contribution in [2.24, 2.45) is 0 Å². The molecule has 80 valence electrons. The third-order valence-electron chi connectivity index (χ3n) is 1.82. The number of allylic oxidation sites excluding steroid dienone is 1. The fourth-order valence-corrected chi connectivity index (χ4v) is 1.02. The van der Waals surface area contributed by atoms with Gasteiger partial charge in [0, 0.05) is 12.7 Å². The van der Waals surface area contributed by atoms with Gasteiger partial charge in [0.15, 0.2) is 0 Å². The SMILES string of the molecule is CC(C)=CCNC(=O)c1ccncc1O. The van der Waals surface area contributed by atoms with E-state index >= 15 is 0 Å². The van der Waals surface area contributed by atoms with Crippen LogP contribution < -0.4 is 5.32 Å². The van der Waals surface area contributed by atoms with Gasteiger partial charge in [-0.15, -0.1) is 0 Å². The van der Waals surface area contributed by atoms with Crippen molar-refractivity contribution in [3.05, 3.63) is 35.7 Å². The highest BCUT2D eigenvalue weighted by Crippen LogP contribution is 2.12. The summed E-state index contributed by atoms with van der Waals surface area (Å²) in [5.74, 6) is -0.403. The van der Waals surface area contributed by atoms with E-state index in [0.29, 0.717) is 6.54 Å². The van der Waals surface area contributed by atoms with Gasteiger partial charge in [-0.3, -0.25) is 9.78 Å². The number of aromatic hydroxyl groups is 1. The summed E-state index contributed by atoms with van der Waals surface area (Å²) in [6.07, 6.45) is 4.61. The predicted octanol–water partition coefficient (Wildman–Crippen LogP) is 1.48. The van der Waals surface area contributed by atoms with Crippen molar-refractivity contribution in [3.8, 4) is 5.75 Å². The molecule has 0 spiro atoms. The number of carbonyl (C=O) groups is 1. The van der Waals surface area contributed by atoms with Gasteiger partial charge in [0.2, 0.25) is 0 Å². The van der Waals surface area contributed by atoms with Gasteiger partial charge in [-0.2, -0.15) is 0 Å². The molecule has 0 aliphatic rings. The summed E-state index contributed by atoms with van der Waals surface area (Å²) >= 11 is 0. The highest BCUT2D eigenvalue weighted by Gasteiger charge is 2.08. The smallest absolute Gasteiger partial charge is 0.255 e. The fourth-order valence-electron chi connectivity index (χ4n) is 1.02. The summed E-state index contributed by atoms with van der Waals surface area (Å²) in [4.78, 5) is 15.2. The Morgan fingerprint density at radius 2 is 2.33 bits per heavy atom. The largest absolute Gasteiger partial charge is 0.505 e. The first kappa shape index (κ1) is 11.2. The van der Waals surface area contributed by atoms with E-state index in [1.54, 1.807) is 0 Å². The number of rotatable bonds is 3. The number of hydrogen-bond donors (Lipinski definition) is 2. The Bertz CT molecular complexity index is 382. The zero-order valence-electron chi connectivity index (χ0n) is 8.82. The van der Waals surface area contributed by atoms with Crippen molar-refractivity contribution in [2.45, 2.75) is 13.8 Å². The van der Waals surface area contributed by atoms with Crippen LogP contribution in [0.25, 0.3) is 0 Å². The number of amides is 1. The first-order valence-corrected chi connectivity index (χ1v) is 4.66. The summed E-state index contributed by atoms with van der Waals surface area (Å²) in [5, 5.41) is 12.0. The summed E-state index contributed by atoms with van der Waals surface area (Å²) < 4.78 is 0. The second kappa shape index (κ2) is 5.14. The number of aromatic nitrogens is 1. The molecule has 1 heterocycles. The molecule has 0 saturated heterocycles. The van der Waals surface area contributed by atoms with Crippen LogP contribution in [0.15, 0.2) is 30.1 Å². The van der Waals surface area contributed by atoms with Gasteiger partial charge in [0.05, 0.1) is 11.8 Å². The maximum absolute atomic E-state index is 11.5. The molecule has 1 amide bonds. The molecule has 1 aromatic rings. The molecule has 0 aliphatic heterocycles. The first-order valence-electron chi connectivity index (χ1n) is 4.66. The van der Waals surface area contributed by atoms with Crippen molar-refractivity contribution in [3.63, 3.8) is 0 Å². The Hall–Kier alpha value is -1.84. The lowest BCUT2D eigenvalue weighted by Crippen LogP contribution is -2.23. The Balaban J connectivity index is 2.62. The number of carbonyl (C=O) groups excluding carboxylic acids is 1. The quantitative estimate of drug-likeness (QED) is 0.736. The van der Waals surface area contributed by atoms with Crippen LogP contribution in [-0.4, -0.2) is 22.5 Å². The zero-order valence-corrected chi connectivity index (χ0v) is 8.82. The van der Waals surface area contributed by atoms with Crippen LogP contribution in [0, 0.1) is 0 Å². The van der Waals surface area contributed by atoms with E-state index in [0.717, 1.165) is 5.57 Å². The van der Waals surface area contributed by atoms with Gasteiger partial charge in [-0.1, -0.05) is 11.6 Å². The van der Waals surface area contributed by atoms with Crippen molar-refractivity contribution < 1.29 is 9.90 Å². The summed E-state index contributed by atoms with van der Waals surface area (Å²) in [6, 6.07) is 1.48. The molecule has 0 unspecified atom stereocenters. The molecule has 1 aromatic heterocycles.